The van der Waals surface area contributed by atoms with E-state index >= 15 is 0 Å². The van der Waals surface area contributed by atoms with Crippen LogP contribution >= 0.6 is 0 Å². The van der Waals surface area contributed by atoms with E-state index in [1.165, 1.54) is 24.8 Å². The molecule has 2 aliphatic carbocycles. The fraction of sp³-hybridized carbons (Fsp3) is 0.778. The van der Waals surface area contributed by atoms with Crippen molar-refractivity contribution in [2.45, 2.75) is 31.7 Å². The van der Waals surface area contributed by atoms with Crippen molar-refractivity contribution in [3.05, 3.63) is 12.2 Å². The largest absolute Gasteiger partial charge is 0.325 e. The highest BCUT2D eigenvalue weighted by atomic mass is 14.9. The van der Waals surface area contributed by atoms with Gasteiger partial charge in [-0.2, -0.15) is 0 Å². The summed E-state index contributed by atoms with van der Waals surface area (Å²) in [6.45, 7) is 6.18. The second-order valence-electron chi connectivity index (χ2n) is 4.07. The molecular weight excluding hydrogens is 122 g/mol. The van der Waals surface area contributed by atoms with Gasteiger partial charge in [0.15, 0.2) is 0 Å². The molecule has 2 fully saturated rings. The molecule has 0 bridgehead atoms. The van der Waals surface area contributed by atoms with Crippen LogP contribution in [0.3, 0.4) is 0 Å². The lowest BCUT2D eigenvalue weighted by Gasteiger charge is -2.09. The van der Waals surface area contributed by atoms with E-state index < -0.39 is 0 Å². The van der Waals surface area contributed by atoms with E-state index in [1.807, 2.05) is 0 Å². The highest BCUT2D eigenvalue weighted by Crippen LogP contribution is 2.57. The number of hydrogen-bond acceptors (Lipinski definition) is 1. The average molecular weight is 137 g/mol. The average Bonchev–Trinajstić information content (AvgIpc) is 2.36. The Bertz CT molecular complexity index is 181. The summed E-state index contributed by atoms with van der Waals surface area (Å²) in [6.07, 6.45) is 3.70. The van der Waals surface area contributed by atoms with Crippen LogP contribution < -0.4 is 5.73 Å². The number of rotatable bonds is 0. The Morgan fingerprint density at radius 1 is 1.60 bits per heavy atom. The smallest absolute Gasteiger partial charge is 0.0192 e. The monoisotopic (exact) mass is 137 g/mol. The van der Waals surface area contributed by atoms with Gasteiger partial charge in [-0.15, -0.1) is 0 Å². The Morgan fingerprint density at radius 3 is 2.80 bits per heavy atom. The molecule has 2 aliphatic rings. The maximum absolute atomic E-state index is 6.04. The van der Waals surface area contributed by atoms with Gasteiger partial charge in [0.05, 0.1) is 0 Å². The normalized spacial score (nSPS) is 52.4. The van der Waals surface area contributed by atoms with Gasteiger partial charge in [0, 0.05) is 5.54 Å². The van der Waals surface area contributed by atoms with Gasteiger partial charge < -0.3 is 5.73 Å². The van der Waals surface area contributed by atoms with E-state index in [2.05, 4.69) is 13.5 Å². The second kappa shape index (κ2) is 1.65. The summed E-state index contributed by atoms with van der Waals surface area (Å²) < 4.78 is 0. The summed E-state index contributed by atoms with van der Waals surface area (Å²) in [5, 5.41) is 0. The fourth-order valence-corrected chi connectivity index (χ4v) is 2.37. The van der Waals surface area contributed by atoms with Crippen LogP contribution in [0.15, 0.2) is 12.2 Å². The van der Waals surface area contributed by atoms with Crippen LogP contribution in [0.25, 0.3) is 0 Å². The van der Waals surface area contributed by atoms with Crippen molar-refractivity contribution in [3.8, 4) is 0 Å². The molecule has 2 rings (SSSR count). The Balaban J connectivity index is 2.10. The molecule has 3 unspecified atom stereocenters. The molecule has 0 aromatic carbocycles. The molecule has 2 saturated carbocycles. The predicted molar refractivity (Wildman–Crippen MR) is 42.6 cm³/mol. The number of hydrogen-bond donors (Lipinski definition) is 1. The van der Waals surface area contributed by atoms with E-state index in [1.54, 1.807) is 0 Å². The first kappa shape index (κ1) is 6.41. The molecule has 56 valence electrons. The molecule has 0 saturated heterocycles. The van der Waals surface area contributed by atoms with E-state index in [9.17, 15) is 0 Å². The van der Waals surface area contributed by atoms with E-state index in [-0.39, 0.29) is 5.54 Å². The minimum atomic E-state index is 0.166. The highest BCUT2D eigenvalue weighted by Gasteiger charge is 2.58. The molecule has 0 heterocycles. The van der Waals surface area contributed by atoms with Crippen molar-refractivity contribution in [2.75, 3.05) is 0 Å². The second-order valence-corrected chi connectivity index (χ2v) is 4.07. The van der Waals surface area contributed by atoms with Crippen molar-refractivity contribution in [2.24, 2.45) is 17.6 Å². The zero-order chi connectivity index (χ0) is 7.35. The molecule has 0 aliphatic heterocycles. The summed E-state index contributed by atoms with van der Waals surface area (Å²) >= 11 is 0. The van der Waals surface area contributed by atoms with E-state index in [4.69, 9.17) is 5.73 Å². The molecule has 3 atom stereocenters. The molecule has 0 spiro atoms. The van der Waals surface area contributed by atoms with Crippen LogP contribution in [0.1, 0.15) is 26.2 Å². The summed E-state index contributed by atoms with van der Waals surface area (Å²) in [5.74, 6) is 1.59. The quantitative estimate of drug-likeness (QED) is 0.505. The maximum Gasteiger partial charge on any atom is 0.0192 e. The Labute approximate surface area is 62.3 Å². The van der Waals surface area contributed by atoms with Crippen LogP contribution in [0, 0.1) is 11.8 Å². The van der Waals surface area contributed by atoms with Crippen LogP contribution in [-0.4, -0.2) is 5.54 Å². The third-order valence-corrected chi connectivity index (χ3v) is 3.29. The van der Waals surface area contributed by atoms with Gasteiger partial charge in [-0.25, -0.2) is 0 Å². The minimum Gasteiger partial charge on any atom is -0.325 e. The van der Waals surface area contributed by atoms with Crippen molar-refractivity contribution in [3.63, 3.8) is 0 Å². The lowest BCUT2D eigenvalue weighted by molar-refractivity contribution is 0.568. The van der Waals surface area contributed by atoms with Crippen LogP contribution in [0.5, 0.6) is 0 Å². The van der Waals surface area contributed by atoms with Gasteiger partial charge >= 0.3 is 0 Å². The van der Waals surface area contributed by atoms with Crippen LogP contribution in [0.2, 0.25) is 0 Å². The van der Waals surface area contributed by atoms with E-state index in [0.717, 1.165) is 11.8 Å². The van der Waals surface area contributed by atoms with E-state index in [0.29, 0.717) is 0 Å². The molecule has 0 aromatic rings. The van der Waals surface area contributed by atoms with Crippen LogP contribution in [-0.2, 0) is 0 Å². The molecule has 0 radical (unpaired) electrons. The molecular formula is C9H15N. The first-order valence-electron chi connectivity index (χ1n) is 4.08. The summed E-state index contributed by atoms with van der Waals surface area (Å²) in [6, 6.07) is 0. The summed E-state index contributed by atoms with van der Waals surface area (Å²) in [7, 11) is 0. The van der Waals surface area contributed by atoms with Gasteiger partial charge in [0.2, 0.25) is 0 Å². The van der Waals surface area contributed by atoms with Crippen molar-refractivity contribution in [1.29, 1.82) is 0 Å². The fourth-order valence-electron chi connectivity index (χ4n) is 2.37. The van der Waals surface area contributed by atoms with Gasteiger partial charge in [-0.1, -0.05) is 12.2 Å². The topological polar surface area (TPSA) is 26.0 Å². The number of allylic oxidation sites excluding steroid dienone is 1. The standard InChI is InChI=1S/C9H15N/c1-6-3-4-7-8(5-6)9(7,2)10/h7-8H,1,3-5,10H2,2H3. The lowest BCUT2D eigenvalue weighted by Crippen LogP contribution is -2.21. The zero-order valence-electron chi connectivity index (χ0n) is 6.56. The SMILES string of the molecule is C=C1CCC2C(C1)C2(C)N. The minimum absolute atomic E-state index is 0.166. The highest BCUT2D eigenvalue weighted by molar-refractivity contribution is 5.21. The third kappa shape index (κ3) is 0.671. The lowest BCUT2D eigenvalue weighted by atomic mass is 9.97. The molecule has 2 N–H and O–H groups in total. The van der Waals surface area contributed by atoms with Crippen molar-refractivity contribution < 1.29 is 0 Å². The van der Waals surface area contributed by atoms with Gasteiger partial charge in [0.25, 0.3) is 0 Å². The van der Waals surface area contributed by atoms with Gasteiger partial charge in [-0.3, -0.25) is 0 Å². The Morgan fingerprint density at radius 2 is 2.30 bits per heavy atom. The maximum atomic E-state index is 6.04. The number of fused-ring (bicyclic) bond motifs is 1. The molecule has 0 aromatic heterocycles. The van der Waals surface area contributed by atoms with Crippen LogP contribution in [0.4, 0.5) is 0 Å². The Hall–Kier alpha value is -0.300. The predicted octanol–water partition coefficient (Wildman–Crippen LogP) is 1.69. The Kier molecular flexibility index (Phi) is 1.06. The third-order valence-electron chi connectivity index (χ3n) is 3.29. The molecule has 1 heteroatoms. The van der Waals surface area contributed by atoms with Crippen molar-refractivity contribution >= 4 is 0 Å². The number of nitrogens with two attached hydrogens (primary N) is 1. The summed E-state index contributed by atoms with van der Waals surface area (Å²) in [5.41, 5.74) is 7.61. The molecule has 0 amide bonds. The molecule has 1 nitrogen and oxygen atoms in total. The summed E-state index contributed by atoms with van der Waals surface area (Å²) in [4.78, 5) is 0. The molecule has 10 heavy (non-hydrogen) atoms. The first-order chi connectivity index (χ1) is 4.62. The van der Waals surface area contributed by atoms with Crippen molar-refractivity contribution in [1.82, 2.24) is 0 Å². The first-order valence-corrected chi connectivity index (χ1v) is 4.08. The van der Waals surface area contributed by atoms with Gasteiger partial charge in [-0.05, 0) is 38.0 Å². The van der Waals surface area contributed by atoms with Gasteiger partial charge in [0.1, 0.15) is 0 Å². The zero-order valence-corrected chi connectivity index (χ0v) is 6.56.